The first kappa shape index (κ1) is 21.1. The van der Waals surface area contributed by atoms with Crippen LogP contribution < -0.4 is 15.1 Å². The lowest BCUT2D eigenvalue weighted by molar-refractivity contribution is -0.138. The molecule has 156 valence electrons. The summed E-state index contributed by atoms with van der Waals surface area (Å²) in [6.07, 6.45) is -4.64. The van der Waals surface area contributed by atoms with Crippen LogP contribution in [0.4, 0.5) is 18.9 Å². The monoisotopic (exact) mass is 430 g/mol. The summed E-state index contributed by atoms with van der Waals surface area (Å²) in [5, 5.41) is 8.80. The normalized spacial score (nSPS) is 14.7. The fourth-order valence-corrected chi connectivity index (χ4v) is 3.57. The van der Waals surface area contributed by atoms with Crippen LogP contribution in [0.3, 0.4) is 0 Å². The molecule has 2 aromatic carbocycles. The van der Waals surface area contributed by atoms with Gasteiger partial charge in [0.25, 0.3) is 5.91 Å². The molecule has 1 aliphatic heterocycles. The number of rotatable bonds is 5. The molecule has 0 aromatic heterocycles. The highest BCUT2D eigenvalue weighted by molar-refractivity contribution is 7.78. The molecular weight excluding hydrogens is 413 g/mol. The van der Waals surface area contributed by atoms with E-state index >= 15 is 0 Å². The molecule has 0 fully saturated rings. The zero-order valence-corrected chi connectivity index (χ0v) is 15.7. The molecule has 1 unspecified atom stereocenters. The maximum Gasteiger partial charge on any atom is 0.416 e. The van der Waals surface area contributed by atoms with Crippen molar-refractivity contribution in [3.8, 4) is 5.75 Å². The largest absolute Gasteiger partial charge is 0.490 e. The fraction of sp³-hybridized carbons (Fsp3) is 0.278. The topological polar surface area (TPSA) is 99.1 Å². The molecule has 3 N–H and O–H groups in total. The van der Waals surface area contributed by atoms with Crippen molar-refractivity contribution in [1.29, 1.82) is 0 Å². The average molecular weight is 430 g/mol. The lowest BCUT2D eigenvalue weighted by atomic mass is 10.0. The van der Waals surface area contributed by atoms with Crippen molar-refractivity contribution in [2.24, 2.45) is 0 Å². The minimum absolute atomic E-state index is 0.0187. The van der Waals surface area contributed by atoms with Crippen molar-refractivity contribution in [3.63, 3.8) is 0 Å². The SMILES string of the molecule is O=C(NO)c1ccc2c(c1)N(Cc1ccc(CS(=O)O)cc1C(F)(F)F)CCO2. The third-order valence-electron chi connectivity index (χ3n) is 4.41. The zero-order valence-electron chi connectivity index (χ0n) is 14.9. The number of alkyl halides is 3. The van der Waals surface area contributed by atoms with Crippen LogP contribution in [0.25, 0.3) is 0 Å². The molecule has 0 aliphatic carbocycles. The third-order valence-corrected chi connectivity index (χ3v) is 4.99. The number of carbonyl (C=O) groups is 1. The molecule has 0 bridgehead atoms. The number of anilines is 1. The molecule has 0 spiro atoms. The Kier molecular flexibility index (Phi) is 6.10. The van der Waals surface area contributed by atoms with E-state index in [2.05, 4.69) is 0 Å². The predicted octanol–water partition coefficient (Wildman–Crippen LogP) is 2.95. The summed E-state index contributed by atoms with van der Waals surface area (Å²) in [7, 11) is 0. The van der Waals surface area contributed by atoms with Gasteiger partial charge in [-0.15, -0.1) is 0 Å². The first-order valence-corrected chi connectivity index (χ1v) is 9.69. The Morgan fingerprint density at radius 2 is 2.00 bits per heavy atom. The molecule has 0 radical (unpaired) electrons. The van der Waals surface area contributed by atoms with Crippen molar-refractivity contribution >= 4 is 22.7 Å². The van der Waals surface area contributed by atoms with Gasteiger partial charge in [0.15, 0.2) is 11.1 Å². The number of nitrogens with zero attached hydrogens (tertiary/aromatic N) is 1. The fourth-order valence-electron chi connectivity index (χ4n) is 3.11. The van der Waals surface area contributed by atoms with E-state index in [9.17, 15) is 22.2 Å². The quantitative estimate of drug-likeness (QED) is 0.383. The molecule has 7 nitrogen and oxygen atoms in total. The second-order valence-electron chi connectivity index (χ2n) is 6.35. The van der Waals surface area contributed by atoms with Crippen LogP contribution in [0.2, 0.25) is 0 Å². The summed E-state index contributed by atoms with van der Waals surface area (Å²) in [6.45, 7) is 0.427. The molecule has 11 heteroatoms. The summed E-state index contributed by atoms with van der Waals surface area (Å²) in [5.41, 5.74) is 1.25. The molecule has 1 atom stereocenters. The van der Waals surface area contributed by atoms with Gasteiger partial charge in [-0.25, -0.2) is 9.69 Å². The van der Waals surface area contributed by atoms with Gasteiger partial charge < -0.3 is 14.2 Å². The second kappa shape index (κ2) is 8.39. The predicted molar refractivity (Wildman–Crippen MR) is 98.2 cm³/mol. The molecule has 1 aliphatic rings. The van der Waals surface area contributed by atoms with E-state index in [0.717, 1.165) is 6.07 Å². The molecule has 1 heterocycles. The van der Waals surface area contributed by atoms with Crippen molar-refractivity contribution in [3.05, 3.63) is 58.7 Å². The number of halogens is 3. The lowest BCUT2D eigenvalue weighted by Crippen LogP contribution is -2.33. The highest BCUT2D eigenvalue weighted by atomic mass is 32.2. The van der Waals surface area contributed by atoms with Crippen molar-refractivity contribution in [1.82, 2.24) is 5.48 Å². The number of carbonyl (C=O) groups excluding carboxylic acids is 1. The van der Waals surface area contributed by atoms with Crippen LogP contribution in [0, 0.1) is 0 Å². The maximum atomic E-state index is 13.6. The number of benzene rings is 2. The summed E-state index contributed by atoms with van der Waals surface area (Å²) in [5.74, 6) is -0.745. The Labute approximate surface area is 166 Å². The Bertz CT molecular complexity index is 952. The van der Waals surface area contributed by atoms with E-state index < -0.39 is 34.5 Å². The lowest BCUT2D eigenvalue weighted by Gasteiger charge is -2.32. The first-order chi connectivity index (χ1) is 13.7. The van der Waals surface area contributed by atoms with Crippen LogP contribution in [-0.4, -0.2) is 33.0 Å². The van der Waals surface area contributed by atoms with Crippen LogP contribution in [0.1, 0.15) is 27.0 Å². The first-order valence-electron chi connectivity index (χ1n) is 8.41. The molecule has 3 rings (SSSR count). The molecule has 2 aromatic rings. The van der Waals surface area contributed by atoms with Crippen molar-refractivity contribution in [2.75, 3.05) is 18.1 Å². The summed E-state index contributed by atoms with van der Waals surface area (Å²) in [6, 6.07) is 7.91. The van der Waals surface area contributed by atoms with Crippen molar-refractivity contribution in [2.45, 2.75) is 18.5 Å². The molecule has 29 heavy (non-hydrogen) atoms. The van der Waals surface area contributed by atoms with E-state index in [1.54, 1.807) is 4.90 Å². The van der Waals surface area contributed by atoms with Crippen LogP contribution >= 0.6 is 0 Å². The molecule has 0 saturated heterocycles. The summed E-state index contributed by atoms with van der Waals surface area (Å²) in [4.78, 5) is 13.3. The number of hydrogen-bond acceptors (Lipinski definition) is 5. The Morgan fingerprint density at radius 1 is 1.24 bits per heavy atom. The standard InChI is InChI=1S/C18H17F3N2O5S/c19-18(20,21)14-7-11(10-29(26)27)1-2-13(14)9-23-5-6-28-16-4-3-12(8-15(16)23)17(24)22-25/h1-4,7-8,25H,5-6,9-10H2,(H,22,24)(H,26,27). The highest BCUT2D eigenvalue weighted by Gasteiger charge is 2.34. The van der Waals surface area contributed by atoms with E-state index in [0.29, 0.717) is 11.4 Å². The van der Waals surface area contributed by atoms with Gasteiger partial charge in [-0.1, -0.05) is 12.1 Å². The van der Waals surface area contributed by atoms with Gasteiger partial charge >= 0.3 is 6.18 Å². The van der Waals surface area contributed by atoms with Crippen LogP contribution in [0.5, 0.6) is 5.75 Å². The Balaban J connectivity index is 1.97. The Hall–Kier alpha value is -2.63. The van der Waals surface area contributed by atoms with Gasteiger partial charge in [0.05, 0.1) is 23.5 Å². The van der Waals surface area contributed by atoms with E-state index in [1.165, 1.54) is 35.8 Å². The van der Waals surface area contributed by atoms with Gasteiger partial charge in [0, 0.05) is 12.1 Å². The van der Waals surface area contributed by atoms with Gasteiger partial charge in [-0.2, -0.15) is 13.2 Å². The van der Waals surface area contributed by atoms with Gasteiger partial charge in [0.1, 0.15) is 12.4 Å². The maximum absolute atomic E-state index is 13.6. The van der Waals surface area contributed by atoms with Crippen LogP contribution in [0.15, 0.2) is 36.4 Å². The molecule has 1 amide bonds. The van der Waals surface area contributed by atoms with Crippen LogP contribution in [-0.2, 0) is 29.6 Å². The minimum atomic E-state index is -4.64. The average Bonchev–Trinajstić information content (AvgIpc) is 2.67. The third kappa shape index (κ3) is 4.86. The van der Waals surface area contributed by atoms with E-state index in [1.807, 2.05) is 0 Å². The molecule has 0 saturated carbocycles. The van der Waals surface area contributed by atoms with Gasteiger partial charge in [-0.3, -0.25) is 10.0 Å². The smallest absolute Gasteiger partial charge is 0.416 e. The second-order valence-corrected chi connectivity index (χ2v) is 7.28. The van der Waals surface area contributed by atoms with E-state index in [-0.39, 0.29) is 36.4 Å². The Morgan fingerprint density at radius 3 is 2.66 bits per heavy atom. The number of amides is 1. The zero-order chi connectivity index (χ0) is 21.2. The number of fused-ring (bicyclic) bond motifs is 1. The van der Waals surface area contributed by atoms with Gasteiger partial charge in [0.2, 0.25) is 0 Å². The number of ether oxygens (including phenoxy) is 1. The summed E-state index contributed by atoms with van der Waals surface area (Å²) < 4.78 is 66.1. The summed E-state index contributed by atoms with van der Waals surface area (Å²) >= 11 is -2.25. The molecular formula is C18H17F3N2O5S. The van der Waals surface area contributed by atoms with Gasteiger partial charge in [-0.05, 0) is 35.4 Å². The number of nitrogens with one attached hydrogen (secondary N) is 1. The minimum Gasteiger partial charge on any atom is -0.490 e. The highest BCUT2D eigenvalue weighted by Crippen LogP contribution is 2.37. The van der Waals surface area contributed by atoms with E-state index in [4.69, 9.17) is 14.5 Å². The number of hydrogen-bond donors (Lipinski definition) is 3. The van der Waals surface area contributed by atoms with Crippen molar-refractivity contribution < 1.29 is 36.7 Å². The number of hydroxylamine groups is 1.